The number of halogens is 2. The predicted octanol–water partition coefficient (Wildman–Crippen LogP) is 3.52. The van der Waals surface area contributed by atoms with Gasteiger partial charge in [0.2, 0.25) is 0 Å². The standard InChI is InChI=1S/C11H13ClFN3S/c1-3-4-16(2)11-15-9-6(12)5-7(13)8(14)10(9)17-11/h5H,3-4,14H2,1-2H3. The molecule has 0 saturated heterocycles. The Morgan fingerprint density at radius 1 is 1.59 bits per heavy atom. The first-order chi connectivity index (χ1) is 8.04. The number of hydrogen-bond donors (Lipinski definition) is 1. The maximum absolute atomic E-state index is 13.4. The summed E-state index contributed by atoms with van der Waals surface area (Å²) < 4.78 is 14.0. The van der Waals surface area contributed by atoms with Crippen molar-refractivity contribution in [1.82, 2.24) is 4.98 Å². The minimum absolute atomic E-state index is 0.123. The summed E-state index contributed by atoms with van der Waals surface area (Å²) in [6.07, 6.45) is 1.02. The van der Waals surface area contributed by atoms with Gasteiger partial charge < -0.3 is 10.6 Å². The molecule has 0 amide bonds. The van der Waals surface area contributed by atoms with Gasteiger partial charge in [-0.05, 0) is 12.5 Å². The van der Waals surface area contributed by atoms with Crippen molar-refractivity contribution in [1.29, 1.82) is 0 Å². The molecule has 0 aliphatic rings. The summed E-state index contributed by atoms with van der Waals surface area (Å²) in [5.41, 5.74) is 6.39. The number of nitrogen functional groups attached to an aromatic ring is 1. The van der Waals surface area contributed by atoms with Gasteiger partial charge in [0.05, 0.1) is 15.4 Å². The van der Waals surface area contributed by atoms with Gasteiger partial charge in [-0.1, -0.05) is 29.9 Å². The fraction of sp³-hybridized carbons (Fsp3) is 0.364. The highest BCUT2D eigenvalue weighted by atomic mass is 35.5. The minimum atomic E-state index is -0.490. The van der Waals surface area contributed by atoms with Gasteiger partial charge in [0.25, 0.3) is 0 Å². The third-order valence-corrected chi connectivity index (χ3v) is 3.97. The second-order valence-electron chi connectivity index (χ2n) is 3.85. The zero-order valence-electron chi connectivity index (χ0n) is 9.63. The molecule has 1 heterocycles. The smallest absolute Gasteiger partial charge is 0.186 e. The fourth-order valence-electron chi connectivity index (χ4n) is 1.61. The van der Waals surface area contributed by atoms with E-state index in [1.807, 2.05) is 11.9 Å². The molecule has 0 bridgehead atoms. The van der Waals surface area contributed by atoms with E-state index in [0.717, 1.165) is 18.1 Å². The molecule has 0 radical (unpaired) electrons. The van der Waals surface area contributed by atoms with Crippen molar-refractivity contribution in [3.8, 4) is 0 Å². The van der Waals surface area contributed by atoms with Crippen LogP contribution >= 0.6 is 22.9 Å². The van der Waals surface area contributed by atoms with E-state index in [2.05, 4.69) is 11.9 Å². The Bertz CT molecular complexity index is 555. The van der Waals surface area contributed by atoms with E-state index in [0.29, 0.717) is 15.2 Å². The molecule has 0 saturated carbocycles. The Kier molecular flexibility index (Phi) is 3.40. The summed E-state index contributed by atoms with van der Waals surface area (Å²) in [6, 6.07) is 1.21. The zero-order valence-corrected chi connectivity index (χ0v) is 11.2. The Morgan fingerprint density at radius 2 is 2.29 bits per heavy atom. The van der Waals surface area contributed by atoms with Crippen LogP contribution in [0, 0.1) is 5.82 Å². The van der Waals surface area contributed by atoms with Crippen molar-refractivity contribution in [3.05, 3.63) is 16.9 Å². The Labute approximate surface area is 108 Å². The van der Waals surface area contributed by atoms with Crippen LogP contribution in [0.5, 0.6) is 0 Å². The molecule has 2 rings (SSSR count). The summed E-state index contributed by atoms with van der Waals surface area (Å²) in [5.74, 6) is -0.490. The van der Waals surface area contributed by atoms with E-state index in [1.165, 1.54) is 17.4 Å². The fourth-order valence-corrected chi connectivity index (χ4v) is 2.93. The number of nitrogens with two attached hydrogens (primary N) is 1. The lowest BCUT2D eigenvalue weighted by Gasteiger charge is -2.13. The Morgan fingerprint density at radius 3 is 2.94 bits per heavy atom. The summed E-state index contributed by atoms with van der Waals surface area (Å²) in [5, 5.41) is 1.11. The van der Waals surface area contributed by atoms with Gasteiger partial charge in [0.1, 0.15) is 11.3 Å². The Hall–Kier alpha value is -1.07. The van der Waals surface area contributed by atoms with Gasteiger partial charge >= 0.3 is 0 Å². The first-order valence-corrected chi connectivity index (χ1v) is 6.49. The van der Waals surface area contributed by atoms with E-state index < -0.39 is 5.82 Å². The van der Waals surface area contributed by atoms with E-state index in [1.54, 1.807) is 0 Å². The molecule has 2 N–H and O–H groups in total. The first kappa shape index (κ1) is 12.4. The highest BCUT2D eigenvalue weighted by Crippen LogP contribution is 2.37. The normalized spacial score (nSPS) is 11.1. The highest BCUT2D eigenvalue weighted by molar-refractivity contribution is 7.22. The number of hydrogen-bond acceptors (Lipinski definition) is 4. The molecular weight excluding hydrogens is 261 g/mol. The number of fused-ring (bicyclic) bond motifs is 1. The maximum Gasteiger partial charge on any atom is 0.186 e. The largest absolute Gasteiger partial charge is 0.395 e. The molecule has 17 heavy (non-hydrogen) atoms. The number of thiazole rings is 1. The molecule has 0 spiro atoms. The lowest BCUT2D eigenvalue weighted by Crippen LogP contribution is -2.17. The van der Waals surface area contributed by atoms with Crippen molar-refractivity contribution in [2.45, 2.75) is 13.3 Å². The van der Waals surface area contributed by atoms with E-state index in [-0.39, 0.29) is 5.69 Å². The predicted molar refractivity (Wildman–Crippen MR) is 72.6 cm³/mol. The zero-order chi connectivity index (χ0) is 12.6. The van der Waals surface area contributed by atoms with E-state index in [9.17, 15) is 4.39 Å². The minimum Gasteiger partial charge on any atom is -0.395 e. The average Bonchev–Trinajstić information content (AvgIpc) is 2.72. The second kappa shape index (κ2) is 4.66. The summed E-state index contributed by atoms with van der Waals surface area (Å²) in [6.45, 7) is 2.98. The summed E-state index contributed by atoms with van der Waals surface area (Å²) in [7, 11) is 1.95. The monoisotopic (exact) mass is 273 g/mol. The second-order valence-corrected chi connectivity index (χ2v) is 5.23. The average molecular weight is 274 g/mol. The number of aromatic nitrogens is 1. The molecule has 6 heteroatoms. The van der Waals surface area contributed by atoms with E-state index in [4.69, 9.17) is 17.3 Å². The maximum atomic E-state index is 13.4. The Balaban J connectivity index is 2.57. The molecule has 2 aromatic rings. The van der Waals surface area contributed by atoms with Gasteiger partial charge in [0.15, 0.2) is 5.13 Å². The molecule has 92 valence electrons. The molecule has 1 aromatic heterocycles. The van der Waals surface area contributed by atoms with Crippen molar-refractivity contribution < 1.29 is 4.39 Å². The van der Waals surface area contributed by atoms with Gasteiger partial charge in [-0.3, -0.25) is 0 Å². The van der Waals surface area contributed by atoms with Crippen molar-refractivity contribution >= 4 is 44.0 Å². The van der Waals surface area contributed by atoms with Crippen LogP contribution in [-0.2, 0) is 0 Å². The van der Waals surface area contributed by atoms with Gasteiger partial charge in [-0.25, -0.2) is 9.37 Å². The van der Waals surface area contributed by atoms with Crippen LogP contribution in [-0.4, -0.2) is 18.6 Å². The molecule has 3 nitrogen and oxygen atoms in total. The molecule has 0 atom stereocenters. The molecule has 0 aliphatic heterocycles. The molecule has 1 aromatic carbocycles. The van der Waals surface area contributed by atoms with E-state index >= 15 is 0 Å². The van der Waals surface area contributed by atoms with Gasteiger partial charge in [-0.15, -0.1) is 0 Å². The quantitative estimate of drug-likeness (QED) is 0.870. The van der Waals surface area contributed by atoms with Crippen LogP contribution < -0.4 is 10.6 Å². The molecular formula is C11H13ClFN3S. The lowest BCUT2D eigenvalue weighted by atomic mass is 10.3. The number of benzene rings is 1. The van der Waals surface area contributed by atoms with Crippen LogP contribution in [0.25, 0.3) is 10.2 Å². The third kappa shape index (κ3) is 2.17. The van der Waals surface area contributed by atoms with Crippen LogP contribution in [0.2, 0.25) is 5.02 Å². The lowest BCUT2D eigenvalue weighted by molar-refractivity contribution is 0.634. The van der Waals surface area contributed by atoms with Crippen molar-refractivity contribution in [2.24, 2.45) is 0 Å². The van der Waals surface area contributed by atoms with Crippen LogP contribution in [0.15, 0.2) is 6.07 Å². The molecule has 0 aliphatic carbocycles. The summed E-state index contributed by atoms with van der Waals surface area (Å²) in [4.78, 5) is 6.41. The SMILES string of the molecule is CCCN(C)c1nc2c(Cl)cc(F)c(N)c2s1. The van der Waals surface area contributed by atoms with Crippen LogP contribution in [0.4, 0.5) is 15.2 Å². The number of rotatable bonds is 3. The van der Waals surface area contributed by atoms with Crippen LogP contribution in [0.3, 0.4) is 0 Å². The van der Waals surface area contributed by atoms with Gasteiger partial charge in [0, 0.05) is 13.6 Å². The topological polar surface area (TPSA) is 42.2 Å². The molecule has 0 fully saturated rings. The first-order valence-electron chi connectivity index (χ1n) is 5.29. The van der Waals surface area contributed by atoms with Crippen molar-refractivity contribution in [2.75, 3.05) is 24.2 Å². The summed E-state index contributed by atoms with van der Waals surface area (Å²) >= 11 is 7.33. The number of nitrogens with zero attached hydrogens (tertiary/aromatic N) is 2. The van der Waals surface area contributed by atoms with Crippen LogP contribution in [0.1, 0.15) is 13.3 Å². The third-order valence-electron chi connectivity index (χ3n) is 2.48. The van der Waals surface area contributed by atoms with Gasteiger partial charge in [-0.2, -0.15) is 0 Å². The number of anilines is 2. The highest BCUT2D eigenvalue weighted by Gasteiger charge is 2.15. The van der Waals surface area contributed by atoms with Crippen molar-refractivity contribution in [3.63, 3.8) is 0 Å². The molecule has 0 unspecified atom stereocenters.